The Bertz CT molecular complexity index is 1460. The predicted octanol–water partition coefficient (Wildman–Crippen LogP) is 4.69. The van der Waals surface area contributed by atoms with Crippen LogP contribution in [0.1, 0.15) is 11.1 Å². The van der Waals surface area contributed by atoms with E-state index in [-0.39, 0.29) is 5.56 Å². The maximum absolute atomic E-state index is 12.9. The molecule has 3 aromatic carbocycles. The van der Waals surface area contributed by atoms with Gasteiger partial charge < -0.3 is 4.74 Å². The molecule has 0 unspecified atom stereocenters. The summed E-state index contributed by atoms with van der Waals surface area (Å²) in [5.74, 6) is 0.720. The Kier molecular flexibility index (Phi) is 4.54. The monoisotopic (exact) mass is 418 g/mol. The summed E-state index contributed by atoms with van der Waals surface area (Å²) in [7, 11) is 0. The van der Waals surface area contributed by atoms with E-state index in [1.807, 2.05) is 78.9 Å². The van der Waals surface area contributed by atoms with Gasteiger partial charge >= 0.3 is 0 Å². The van der Waals surface area contributed by atoms with Crippen LogP contribution in [0.15, 0.2) is 77.6 Å². The molecule has 0 bridgehead atoms. The predicted molar refractivity (Wildman–Crippen MR) is 118 cm³/mol. The van der Waals surface area contributed by atoms with Crippen molar-refractivity contribution in [2.75, 3.05) is 0 Å². The maximum atomic E-state index is 12.9. The van der Waals surface area contributed by atoms with Gasteiger partial charge in [-0.25, -0.2) is 9.38 Å². The topological polar surface area (TPSA) is 43.6 Å². The van der Waals surface area contributed by atoms with Gasteiger partial charge in [-0.2, -0.15) is 0 Å². The third-order valence-corrected chi connectivity index (χ3v) is 5.99. The van der Waals surface area contributed by atoms with Crippen LogP contribution in [0.2, 0.25) is 5.02 Å². The molecule has 0 saturated carbocycles. The Balaban J connectivity index is 1.48. The van der Waals surface area contributed by atoms with E-state index in [1.54, 1.807) is 4.40 Å². The molecule has 6 heteroatoms. The molecule has 0 amide bonds. The van der Waals surface area contributed by atoms with E-state index in [4.69, 9.17) is 16.3 Å². The van der Waals surface area contributed by atoms with Gasteiger partial charge in [-0.15, -0.1) is 0 Å². The van der Waals surface area contributed by atoms with E-state index in [9.17, 15) is 4.79 Å². The van der Waals surface area contributed by atoms with E-state index in [0.29, 0.717) is 21.1 Å². The summed E-state index contributed by atoms with van der Waals surface area (Å²) < 4.78 is 8.20. The molecular weight excluding hydrogens is 404 g/mol. The molecule has 0 atom stereocenters. The number of rotatable bonds is 4. The Morgan fingerprint density at radius 3 is 2.76 bits per heavy atom. The number of para-hydroxylation sites is 2. The van der Waals surface area contributed by atoms with E-state index in [1.165, 1.54) is 11.3 Å². The highest BCUT2D eigenvalue weighted by molar-refractivity contribution is 7.15. The molecule has 0 radical (unpaired) electrons. The molecule has 0 fully saturated rings. The second kappa shape index (κ2) is 7.35. The summed E-state index contributed by atoms with van der Waals surface area (Å²) in [5, 5.41) is 0.681. The van der Waals surface area contributed by atoms with E-state index in [2.05, 4.69) is 4.98 Å². The summed E-state index contributed by atoms with van der Waals surface area (Å²) in [4.78, 5) is 18.2. The van der Waals surface area contributed by atoms with Crippen LogP contribution in [0.4, 0.5) is 0 Å². The standard InChI is InChI=1S/C23H15ClN2O2S/c24-18-9-2-1-7-16(18)14-28-17-8-5-6-15(12-17)13-21-22(27)26-20-11-4-3-10-19(20)25-23(26)29-21/h1-13H,14H2. The summed E-state index contributed by atoms with van der Waals surface area (Å²) in [6, 6.07) is 22.9. The summed E-state index contributed by atoms with van der Waals surface area (Å²) >= 11 is 7.58. The number of hydrogen-bond acceptors (Lipinski definition) is 4. The van der Waals surface area contributed by atoms with Crippen LogP contribution in [0.3, 0.4) is 0 Å². The van der Waals surface area contributed by atoms with Gasteiger partial charge in [0.2, 0.25) is 0 Å². The minimum absolute atomic E-state index is 0.0545. The second-order valence-corrected chi connectivity index (χ2v) is 8.00. The minimum atomic E-state index is -0.0545. The van der Waals surface area contributed by atoms with Crippen molar-refractivity contribution in [3.05, 3.63) is 104 Å². The Morgan fingerprint density at radius 2 is 1.86 bits per heavy atom. The summed E-state index contributed by atoms with van der Waals surface area (Å²) in [5.41, 5.74) is 3.43. The fraction of sp³-hybridized carbons (Fsp3) is 0.0435. The molecule has 0 aliphatic heterocycles. The average molecular weight is 419 g/mol. The van der Waals surface area contributed by atoms with E-state index < -0.39 is 0 Å². The van der Waals surface area contributed by atoms with Gasteiger partial charge in [-0.3, -0.25) is 4.79 Å². The van der Waals surface area contributed by atoms with Crippen molar-refractivity contribution >= 4 is 45.0 Å². The first-order valence-electron chi connectivity index (χ1n) is 9.07. The molecule has 29 heavy (non-hydrogen) atoms. The Hall–Kier alpha value is -3.15. The normalized spacial score (nSPS) is 12.1. The van der Waals surface area contributed by atoms with Gasteiger partial charge in [-0.1, -0.05) is 65.4 Å². The SMILES string of the molecule is O=c1c(=Cc2cccc(OCc3ccccc3Cl)c2)sc2nc3ccccc3n12. The number of ether oxygens (including phenoxy) is 1. The van der Waals surface area contributed by atoms with E-state index >= 15 is 0 Å². The van der Waals surface area contributed by atoms with Crippen LogP contribution in [0, 0.1) is 0 Å². The van der Waals surface area contributed by atoms with Gasteiger partial charge in [-0.05, 0) is 42.0 Å². The highest BCUT2D eigenvalue weighted by atomic mass is 35.5. The number of hydrogen-bond donors (Lipinski definition) is 0. The quantitative estimate of drug-likeness (QED) is 0.425. The zero-order chi connectivity index (χ0) is 19.8. The van der Waals surface area contributed by atoms with Crippen molar-refractivity contribution < 1.29 is 4.74 Å². The molecule has 0 saturated heterocycles. The van der Waals surface area contributed by atoms with Crippen molar-refractivity contribution in [1.82, 2.24) is 9.38 Å². The van der Waals surface area contributed by atoms with Gasteiger partial charge in [0, 0.05) is 10.6 Å². The number of fused-ring (bicyclic) bond motifs is 3. The third kappa shape index (κ3) is 3.39. The molecule has 2 heterocycles. The van der Waals surface area contributed by atoms with Crippen molar-refractivity contribution in [3.8, 4) is 5.75 Å². The molecule has 0 aliphatic rings. The smallest absolute Gasteiger partial charge is 0.274 e. The molecule has 0 N–H and O–H groups in total. The van der Waals surface area contributed by atoms with Gasteiger partial charge in [0.15, 0.2) is 4.96 Å². The molecule has 5 aromatic rings. The highest BCUT2D eigenvalue weighted by Crippen LogP contribution is 2.20. The fourth-order valence-corrected chi connectivity index (χ4v) is 4.41. The lowest BCUT2D eigenvalue weighted by atomic mass is 10.2. The van der Waals surface area contributed by atoms with Crippen molar-refractivity contribution in [2.45, 2.75) is 6.61 Å². The number of thiazole rings is 1. The van der Waals surface area contributed by atoms with Crippen molar-refractivity contribution in [3.63, 3.8) is 0 Å². The number of aromatic nitrogens is 2. The van der Waals surface area contributed by atoms with Crippen LogP contribution in [-0.4, -0.2) is 9.38 Å². The molecule has 4 nitrogen and oxygen atoms in total. The summed E-state index contributed by atoms with van der Waals surface area (Å²) in [6.45, 7) is 0.384. The molecule has 5 rings (SSSR count). The molecule has 0 aliphatic carbocycles. The maximum Gasteiger partial charge on any atom is 0.274 e. The summed E-state index contributed by atoms with van der Waals surface area (Å²) in [6.07, 6.45) is 1.87. The fourth-order valence-electron chi connectivity index (χ4n) is 3.23. The van der Waals surface area contributed by atoms with Crippen molar-refractivity contribution in [1.29, 1.82) is 0 Å². The number of halogens is 1. The Morgan fingerprint density at radius 1 is 1.03 bits per heavy atom. The van der Waals surface area contributed by atoms with Crippen LogP contribution in [0.25, 0.3) is 22.1 Å². The average Bonchev–Trinajstić information content (AvgIpc) is 3.24. The minimum Gasteiger partial charge on any atom is -0.489 e. The largest absolute Gasteiger partial charge is 0.489 e. The lowest BCUT2D eigenvalue weighted by Crippen LogP contribution is -2.22. The first-order valence-corrected chi connectivity index (χ1v) is 10.3. The zero-order valence-corrected chi connectivity index (χ0v) is 16.8. The lowest BCUT2D eigenvalue weighted by Gasteiger charge is -2.08. The first kappa shape index (κ1) is 17.9. The van der Waals surface area contributed by atoms with Crippen LogP contribution < -0.4 is 14.8 Å². The first-order chi connectivity index (χ1) is 14.2. The molecule has 0 spiro atoms. The third-order valence-electron chi connectivity index (χ3n) is 4.65. The number of imidazole rings is 1. The molecule has 2 aromatic heterocycles. The highest BCUT2D eigenvalue weighted by Gasteiger charge is 2.10. The van der Waals surface area contributed by atoms with Gasteiger partial charge in [0.05, 0.1) is 15.6 Å². The van der Waals surface area contributed by atoms with Crippen LogP contribution in [-0.2, 0) is 6.61 Å². The van der Waals surface area contributed by atoms with Crippen LogP contribution >= 0.6 is 22.9 Å². The molecular formula is C23H15ClN2O2S. The van der Waals surface area contributed by atoms with Gasteiger partial charge in [0.1, 0.15) is 12.4 Å². The van der Waals surface area contributed by atoms with Gasteiger partial charge in [0.25, 0.3) is 5.56 Å². The lowest BCUT2D eigenvalue weighted by molar-refractivity contribution is 0.306. The van der Waals surface area contributed by atoms with Crippen molar-refractivity contribution in [2.24, 2.45) is 0 Å². The van der Waals surface area contributed by atoms with Crippen LogP contribution in [0.5, 0.6) is 5.75 Å². The van der Waals surface area contributed by atoms with E-state index in [0.717, 1.165) is 27.9 Å². The number of nitrogens with zero attached hydrogens (tertiary/aromatic N) is 2. The molecule has 142 valence electrons. The Labute approximate surface area is 175 Å². The second-order valence-electron chi connectivity index (χ2n) is 6.59. The number of benzene rings is 3. The zero-order valence-electron chi connectivity index (χ0n) is 15.2.